The van der Waals surface area contributed by atoms with Crippen molar-refractivity contribution in [2.24, 2.45) is 0 Å². The molecule has 0 radical (unpaired) electrons. The minimum Gasteiger partial charge on any atom is -0.489 e. The highest BCUT2D eigenvalue weighted by molar-refractivity contribution is 6.01. The van der Waals surface area contributed by atoms with E-state index in [-0.39, 0.29) is 17.9 Å². The summed E-state index contributed by atoms with van der Waals surface area (Å²) in [6.45, 7) is 10.7. The van der Waals surface area contributed by atoms with E-state index in [1.165, 1.54) is 12.8 Å². The highest BCUT2D eigenvalue weighted by Gasteiger charge is 2.38. The molecule has 1 unspecified atom stereocenters. The van der Waals surface area contributed by atoms with Crippen LogP contribution in [0.25, 0.3) is 0 Å². The Hall–Kier alpha value is -2.34. The van der Waals surface area contributed by atoms with E-state index in [1.807, 2.05) is 18.2 Å². The third-order valence-corrected chi connectivity index (χ3v) is 6.59. The van der Waals surface area contributed by atoms with Crippen LogP contribution in [0.2, 0.25) is 0 Å². The molecule has 4 rings (SSSR count). The maximum atomic E-state index is 12.9. The summed E-state index contributed by atoms with van der Waals surface area (Å²) in [5, 5.41) is 2.78. The van der Waals surface area contributed by atoms with E-state index in [0.29, 0.717) is 31.0 Å². The maximum absolute atomic E-state index is 12.9. The van der Waals surface area contributed by atoms with E-state index in [9.17, 15) is 9.59 Å². The zero-order valence-corrected chi connectivity index (χ0v) is 17.4. The van der Waals surface area contributed by atoms with Crippen molar-refractivity contribution in [1.82, 2.24) is 15.1 Å². The van der Waals surface area contributed by atoms with Gasteiger partial charge in [-0.2, -0.15) is 0 Å². The normalized spacial score (nSPS) is 26.8. The van der Waals surface area contributed by atoms with Gasteiger partial charge in [-0.05, 0) is 69.0 Å². The fraction of sp³-hybridized carbons (Fsp3) is 0.565. The largest absolute Gasteiger partial charge is 0.489 e. The van der Waals surface area contributed by atoms with Crippen molar-refractivity contribution in [3.05, 3.63) is 41.6 Å². The topological polar surface area (TPSA) is 61.9 Å². The number of nitrogens with one attached hydrogen (secondary N) is 1. The molecule has 6 nitrogen and oxygen atoms in total. The van der Waals surface area contributed by atoms with Gasteiger partial charge in [-0.3, -0.25) is 14.5 Å². The Morgan fingerprint density at radius 3 is 2.72 bits per heavy atom. The number of carbonyl (C=O) groups is 2. The predicted octanol–water partition coefficient (Wildman–Crippen LogP) is 3.08. The number of piperidine rings is 1. The number of carbonyl (C=O) groups excluding carboxylic acids is 2. The monoisotopic (exact) mass is 397 g/mol. The average molecular weight is 398 g/mol. The molecule has 3 aliphatic rings. The first-order valence-electron chi connectivity index (χ1n) is 10.8. The third-order valence-electron chi connectivity index (χ3n) is 6.59. The van der Waals surface area contributed by atoms with Crippen LogP contribution in [0, 0.1) is 0 Å². The summed E-state index contributed by atoms with van der Waals surface area (Å²) >= 11 is 0. The van der Waals surface area contributed by atoms with Gasteiger partial charge in [0.1, 0.15) is 17.9 Å². The van der Waals surface area contributed by atoms with Gasteiger partial charge in [0.25, 0.3) is 5.91 Å². The number of ether oxygens (including phenoxy) is 1. The third kappa shape index (κ3) is 3.78. The number of benzene rings is 1. The van der Waals surface area contributed by atoms with Gasteiger partial charge in [0.2, 0.25) is 5.91 Å². The first-order valence-corrected chi connectivity index (χ1v) is 10.8. The van der Waals surface area contributed by atoms with Crippen LogP contribution >= 0.6 is 0 Å². The quantitative estimate of drug-likeness (QED) is 0.801. The number of hydrogen-bond acceptors (Lipinski definition) is 4. The van der Waals surface area contributed by atoms with Crippen molar-refractivity contribution in [3.8, 4) is 5.75 Å². The highest BCUT2D eigenvalue weighted by Crippen LogP contribution is 2.33. The van der Waals surface area contributed by atoms with Crippen LogP contribution in [0.4, 0.5) is 0 Å². The van der Waals surface area contributed by atoms with Crippen LogP contribution < -0.4 is 10.1 Å². The summed E-state index contributed by atoms with van der Waals surface area (Å²) in [6.07, 6.45) is 4.95. The maximum Gasteiger partial charge on any atom is 0.255 e. The van der Waals surface area contributed by atoms with Gasteiger partial charge < -0.3 is 15.0 Å². The Morgan fingerprint density at radius 2 is 2.00 bits per heavy atom. The number of hydrogen-bond donors (Lipinski definition) is 1. The summed E-state index contributed by atoms with van der Waals surface area (Å²) in [5.41, 5.74) is 2.36. The van der Waals surface area contributed by atoms with Crippen LogP contribution in [0.5, 0.6) is 5.75 Å². The molecule has 1 N–H and O–H groups in total. The molecule has 1 aromatic carbocycles. The molecule has 3 atom stereocenters. The standard InChI is InChI=1S/C23H31N3O3/c1-4-25(5-2)19-7-6-8-21(19)29-17-10-11-18-16(13-17)14-26(23(18)28)20-12-9-15(3)24-22(20)27/h10-11,13,19-21H,3-9,12,14H2,1-2H3,(H,24,27)/t19-,20?,21-/m0/s1. The number of nitrogens with zero attached hydrogens (tertiary/aromatic N) is 2. The molecule has 1 saturated carbocycles. The Kier molecular flexibility index (Phi) is 5.63. The van der Waals surface area contributed by atoms with E-state index in [4.69, 9.17) is 4.74 Å². The van der Waals surface area contributed by atoms with Gasteiger partial charge >= 0.3 is 0 Å². The Balaban J connectivity index is 1.48. The predicted molar refractivity (Wildman–Crippen MR) is 112 cm³/mol. The minimum absolute atomic E-state index is 0.0684. The van der Waals surface area contributed by atoms with E-state index in [1.54, 1.807) is 4.90 Å². The Morgan fingerprint density at radius 1 is 1.21 bits per heavy atom. The van der Waals surface area contributed by atoms with Crippen molar-refractivity contribution < 1.29 is 14.3 Å². The van der Waals surface area contributed by atoms with Crippen molar-refractivity contribution in [1.29, 1.82) is 0 Å². The van der Waals surface area contributed by atoms with Crippen molar-refractivity contribution in [2.45, 2.75) is 70.7 Å². The van der Waals surface area contributed by atoms with Gasteiger partial charge in [-0.25, -0.2) is 0 Å². The smallest absolute Gasteiger partial charge is 0.255 e. The molecule has 2 heterocycles. The van der Waals surface area contributed by atoms with Gasteiger partial charge in [0.05, 0.1) is 0 Å². The lowest BCUT2D eigenvalue weighted by atomic mass is 10.0. The van der Waals surface area contributed by atoms with Gasteiger partial charge in [0.15, 0.2) is 0 Å². The summed E-state index contributed by atoms with van der Waals surface area (Å²) < 4.78 is 6.39. The molecule has 1 aromatic rings. The molecule has 156 valence electrons. The number of fused-ring (bicyclic) bond motifs is 1. The molecule has 0 aromatic heterocycles. The zero-order valence-electron chi connectivity index (χ0n) is 17.4. The number of allylic oxidation sites excluding steroid dienone is 1. The molecule has 1 aliphatic carbocycles. The van der Waals surface area contributed by atoms with Crippen molar-refractivity contribution in [2.75, 3.05) is 13.1 Å². The lowest BCUT2D eigenvalue weighted by Crippen LogP contribution is -2.49. The fourth-order valence-corrected chi connectivity index (χ4v) is 5.03. The summed E-state index contributed by atoms with van der Waals surface area (Å²) in [5.74, 6) is 0.622. The molecule has 0 spiro atoms. The SMILES string of the molecule is C=C1CCC(N2Cc3cc(O[C@H]4CCC[C@@H]4N(CC)CC)ccc3C2=O)C(=O)N1. The Bertz CT molecular complexity index is 818. The molecular weight excluding hydrogens is 366 g/mol. The number of rotatable bonds is 6. The molecule has 2 aliphatic heterocycles. The van der Waals surface area contributed by atoms with E-state index >= 15 is 0 Å². The van der Waals surface area contributed by atoms with Gasteiger partial charge in [0, 0.05) is 23.8 Å². The highest BCUT2D eigenvalue weighted by atomic mass is 16.5. The minimum atomic E-state index is -0.424. The molecular formula is C23H31N3O3. The van der Waals surface area contributed by atoms with E-state index in [2.05, 4.69) is 30.6 Å². The van der Waals surface area contributed by atoms with Crippen molar-refractivity contribution in [3.63, 3.8) is 0 Å². The average Bonchev–Trinajstić information content (AvgIpc) is 3.28. The lowest BCUT2D eigenvalue weighted by molar-refractivity contribution is -0.126. The van der Waals surface area contributed by atoms with E-state index < -0.39 is 6.04 Å². The first kappa shape index (κ1) is 20.0. The second-order valence-electron chi connectivity index (χ2n) is 8.28. The summed E-state index contributed by atoms with van der Waals surface area (Å²) in [6, 6.07) is 5.78. The van der Waals surface area contributed by atoms with Crippen LogP contribution in [-0.4, -0.2) is 52.9 Å². The molecule has 1 saturated heterocycles. The number of amides is 2. The second-order valence-corrected chi connectivity index (χ2v) is 8.28. The molecule has 29 heavy (non-hydrogen) atoms. The van der Waals surface area contributed by atoms with Crippen LogP contribution in [0.3, 0.4) is 0 Å². The number of likely N-dealkylation sites (N-methyl/N-ethyl adjacent to an activating group) is 1. The molecule has 2 amide bonds. The van der Waals surface area contributed by atoms with E-state index in [0.717, 1.165) is 36.5 Å². The van der Waals surface area contributed by atoms with Gasteiger partial charge in [-0.1, -0.05) is 20.4 Å². The lowest BCUT2D eigenvalue weighted by Gasteiger charge is -2.31. The first-order chi connectivity index (χ1) is 14.0. The van der Waals surface area contributed by atoms with Crippen LogP contribution in [0.1, 0.15) is 61.9 Å². The fourth-order valence-electron chi connectivity index (χ4n) is 5.03. The van der Waals surface area contributed by atoms with Gasteiger partial charge in [-0.15, -0.1) is 0 Å². The molecule has 2 fully saturated rings. The molecule has 6 heteroatoms. The van der Waals surface area contributed by atoms with Crippen LogP contribution in [-0.2, 0) is 11.3 Å². The summed E-state index contributed by atoms with van der Waals surface area (Å²) in [7, 11) is 0. The van der Waals surface area contributed by atoms with Crippen molar-refractivity contribution >= 4 is 11.8 Å². The van der Waals surface area contributed by atoms with Crippen LogP contribution in [0.15, 0.2) is 30.5 Å². The summed E-state index contributed by atoms with van der Waals surface area (Å²) in [4.78, 5) is 29.4. The zero-order chi connectivity index (χ0) is 20.5. The second kappa shape index (κ2) is 8.19. The molecule has 0 bridgehead atoms. The Labute approximate surface area is 172 Å².